The van der Waals surface area contributed by atoms with Crippen molar-refractivity contribution in [1.82, 2.24) is 4.90 Å². The van der Waals surface area contributed by atoms with Crippen molar-refractivity contribution in [1.29, 1.82) is 0 Å². The summed E-state index contributed by atoms with van der Waals surface area (Å²) in [6.07, 6.45) is -4.47. The maximum Gasteiger partial charge on any atom is 0.417 e. The van der Waals surface area contributed by atoms with Crippen LogP contribution >= 0.6 is 11.6 Å². The van der Waals surface area contributed by atoms with Crippen molar-refractivity contribution in [2.24, 2.45) is 5.92 Å². The molecule has 1 atom stereocenters. The number of nitrogens with zero attached hydrogens (tertiary/aromatic N) is 1. The molecule has 1 saturated heterocycles. The molecule has 1 heterocycles. The van der Waals surface area contributed by atoms with Crippen molar-refractivity contribution in [2.75, 3.05) is 13.1 Å². The van der Waals surface area contributed by atoms with Crippen molar-refractivity contribution >= 4 is 23.5 Å². The summed E-state index contributed by atoms with van der Waals surface area (Å²) >= 11 is 5.55. The molecule has 8 heteroatoms. The summed E-state index contributed by atoms with van der Waals surface area (Å²) in [6.45, 7) is 0.0316. The quantitative estimate of drug-likeness (QED) is 0.911. The Balaban J connectivity index is 2.30. The van der Waals surface area contributed by atoms with Gasteiger partial charge >= 0.3 is 12.1 Å². The van der Waals surface area contributed by atoms with Gasteiger partial charge in [-0.2, -0.15) is 13.2 Å². The number of halogens is 4. The van der Waals surface area contributed by atoms with Crippen LogP contribution in [0.25, 0.3) is 0 Å². The van der Waals surface area contributed by atoms with Crippen LogP contribution in [0.15, 0.2) is 18.2 Å². The zero-order valence-electron chi connectivity index (χ0n) is 10.7. The summed E-state index contributed by atoms with van der Waals surface area (Å²) in [4.78, 5) is 24.1. The Labute approximate surface area is 123 Å². The van der Waals surface area contributed by atoms with Crippen LogP contribution in [0.5, 0.6) is 0 Å². The van der Waals surface area contributed by atoms with Gasteiger partial charge in [0, 0.05) is 18.1 Å². The highest BCUT2D eigenvalue weighted by Crippen LogP contribution is 2.35. The lowest BCUT2D eigenvalue weighted by molar-refractivity contribution is -0.141. The van der Waals surface area contributed by atoms with E-state index in [4.69, 9.17) is 16.7 Å². The third-order valence-electron chi connectivity index (χ3n) is 3.34. The van der Waals surface area contributed by atoms with E-state index in [1.807, 2.05) is 0 Å². The minimum atomic E-state index is -4.71. The number of hydrogen-bond acceptors (Lipinski definition) is 2. The summed E-state index contributed by atoms with van der Waals surface area (Å²) in [5, 5.41) is 8.75. The van der Waals surface area contributed by atoms with E-state index in [2.05, 4.69) is 0 Å². The Hall–Kier alpha value is -1.76. The van der Waals surface area contributed by atoms with E-state index in [9.17, 15) is 22.8 Å². The molecule has 0 aliphatic carbocycles. The molecule has 1 aromatic rings. The summed E-state index contributed by atoms with van der Waals surface area (Å²) in [6, 6.07) is 2.91. The lowest BCUT2D eigenvalue weighted by atomic mass is 10.1. The number of carboxylic acid groups (broad SMARTS) is 1. The Morgan fingerprint density at radius 3 is 2.52 bits per heavy atom. The smallest absolute Gasteiger partial charge is 0.417 e. The van der Waals surface area contributed by atoms with Gasteiger partial charge in [-0.15, -0.1) is 0 Å². The maximum absolute atomic E-state index is 13.0. The summed E-state index contributed by atoms with van der Waals surface area (Å²) in [5.74, 6) is -2.63. The lowest BCUT2D eigenvalue weighted by Crippen LogP contribution is -2.31. The molecule has 2 rings (SSSR count). The van der Waals surface area contributed by atoms with Gasteiger partial charge in [-0.1, -0.05) is 11.6 Å². The van der Waals surface area contributed by atoms with Gasteiger partial charge in [0.15, 0.2) is 0 Å². The predicted molar refractivity (Wildman–Crippen MR) is 68.1 cm³/mol. The molecule has 21 heavy (non-hydrogen) atoms. The first kappa shape index (κ1) is 15.6. The summed E-state index contributed by atoms with van der Waals surface area (Å²) in [7, 11) is 0. The fourth-order valence-electron chi connectivity index (χ4n) is 2.25. The molecule has 0 spiro atoms. The number of rotatable bonds is 2. The standard InChI is InChI=1S/C13H11ClF3NO3/c14-8-1-2-9(10(5-8)13(15,16)17)11(19)18-4-3-7(6-18)12(20)21/h1-2,5,7H,3-4,6H2,(H,20,21). The molecule has 4 nitrogen and oxygen atoms in total. The number of alkyl halides is 3. The van der Waals surface area contributed by atoms with Crippen molar-refractivity contribution < 1.29 is 27.9 Å². The zero-order chi connectivity index (χ0) is 15.8. The number of aliphatic carboxylic acids is 1. The molecule has 1 N–H and O–H groups in total. The number of likely N-dealkylation sites (tertiary alicyclic amines) is 1. The largest absolute Gasteiger partial charge is 0.481 e. The Morgan fingerprint density at radius 2 is 2.00 bits per heavy atom. The maximum atomic E-state index is 13.0. The molecular formula is C13H11ClF3NO3. The van der Waals surface area contributed by atoms with Crippen LogP contribution in [0.4, 0.5) is 13.2 Å². The first-order chi connectivity index (χ1) is 9.70. The molecule has 1 aliphatic heterocycles. The third-order valence-corrected chi connectivity index (χ3v) is 3.58. The van der Waals surface area contributed by atoms with Gasteiger partial charge in [0.05, 0.1) is 17.0 Å². The normalized spacial score (nSPS) is 18.9. The highest BCUT2D eigenvalue weighted by atomic mass is 35.5. The molecule has 0 radical (unpaired) electrons. The number of amides is 1. The minimum absolute atomic E-state index is 0.0892. The fourth-order valence-corrected chi connectivity index (χ4v) is 2.43. The van der Waals surface area contributed by atoms with E-state index in [-0.39, 0.29) is 24.5 Å². The average molecular weight is 322 g/mol. The van der Waals surface area contributed by atoms with E-state index >= 15 is 0 Å². The van der Waals surface area contributed by atoms with E-state index in [1.165, 1.54) is 6.07 Å². The van der Waals surface area contributed by atoms with Crippen LogP contribution in [0.2, 0.25) is 5.02 Å². The molecule has 0 aromatic heterocycles. The van der Waals surface area contributed by atoms with Crippen LogP contribution < -0.4 is 0 Å². The number of carbonyl (C=O) groups excluding carboxylic acids is 1. The van der Waals surface area contributed by atoms with Crippen LogP contribution in [0, 0.1) is 5.92 Å². The van der Waals surface area contributed by atoms with Crippen molar-refractivity contribution in [3.63, 3.8) is 0 Å². The minimum Gasteiger partial charge on any atom is -0.481 e. The van der Waals surface area contributed by atoms with Gasteiger partial charge in [-0.3, -0.25) is 9.59 Å². The van der Waals surface area contributed by atoms with Crippen LogP contribution in [0.3, 0.4) is 0 Å². The van der Waals surface area contributed by atoms with E-state index in [0.29, 0.717) is 6.07 Å². The number of hydrogen-bond donors (Lipinski definition) is 1. The van der Waals surface area contributed by atoms with E-state index in [1.54, 1.807) is 0 Å². The van der Waals surface area contributed by atoms with Gasteiger partial charge in [0.25, 0.3) is 5.91 Å². The van der Waals surface area contributed by atoms with E-state index in [0.717, 1.165) is 11.0 Å². The van der Waals surface area contributed by atoms with Crippen molar-refractivity contribution in [3.8, 4) is 0 Å². The highest BCUT2D eigenvalue weighted by Gasteiger charge is 2.38. The molecule has 1 amide bonds. The van der Waals surface area contributed by atoms with E-state index < -0.39 is 35.1 Å². The first-order valence-electron chi connectivity index (χ1n) is 6.09. The second-order valence-corrected chi connectivity index (χ2v) is 5.20. The SMILES string of the molecule is O=C(O)C1CCN(C(=O)c2ccc(Cl)cc2C(F)(F)F)C1. The molecule has 0 saturated carbocycles. The number of benzene rings is 1. The zero-order valence-corrected chi connectivity index (χ0v) is 11.4. The molecule has 1 fully saturated rings. The fraction of sp³-hybridized carbons (Fsp3) is 0.385. The Kier molecular flexibility index (Phi) is 4.13. The number of carboxylic acids is 1. The number of carbonyl (C=O) groups is 2. The monoisotopic (exact) mass is 321 g/mol. The van der Waals surface area contributed by atoms with Crippen molar-refractivity contribution in [3.05, 3.63) is 34.3 Å². The van der Waals surface area contributed by atoms with Crippen molar-refractivity contribution in [2.45, 2.75) is 12.6 Å². The third kappa shape index (κ3) is 3.29. The van der Waals surface area contributed by atoms with Gasteiger partial charge in [0.1, 0.15) is 0 Å². The topological polar surface area (TPSA) is 57.6 Å². The van der Waals surface area contributed by atoms with Gasteiger partial charge < -0.3 is 10.0 Å². The summed E-state index contributed by atoms with van der Waals surface area (Å²) in [5.41, 5.74) is -1.63. The molecule has 1 aliphatic rings. The predicted octanol–water partition coefficient (Wildman–Crippen LogP) is 2.91. The molecule has 1 aromatic carbocycles. The van der Waals surface area contributed by atoms with Gasteiger partial charge in [-0.25, -0.2) is 0 Å². The second kappa shape index (κ2) is 5.55. The molecule has 0 bridgehead atoms. The molecule has 1 unspecified atom stereocenters. The Morgan fingerprint density at radius 1 is 1.33 bits per heavy atom. The Bertz CT molecular complexity index is 589. The van der Waals surface area contributed by atoms with Gasteiger partial charge in [-0.05, 0) is 24.6 Å². The van der Waals surface area contributed by atoms with Crippen LogP contribution in [-0.4, -0.2) is 35.0 Å². The second-order valence-electron chi connectivity index (χ2n) is 4.76. The lowest BCUT2D eigenvalue weighted by Gasteiger charge is -2.19. The molecule has 114 valence electrons. The van der Waals surface area contributed by atoms with Crippen LogP contribution in [0.1, 0.15) is 22.3 Å². The van der Waals surface area contributed by atoms with Crippen LogP contribution in [-0.2, 0) is 11.0 Å². The average Bonchev–Trinajstić information content (AvgIpc) is 2.86. The van der Waals surface area contributed by atoms with Gasteiger partial charge in [0.2, 0.25) is 0 Å². The first-order valence-corrected chi connectivity index (χ1v) is 6.47. The summed E-state index contributed by atoms with van der Waals surface area (Å²) < 4.78 is 38.9. The highest BCUT2D eigenvalue weighted by molar-refractivity contribution is 6.30. The molecular weight excluding hydrogens is 311 g/mol.